The predicted octanol–water partition coefficient (Wildman–Crippen LogP) is 3.21. The van der Waals surface area contributed by atoms with Crippen molar-refractivity contribution < 1.29 is 22.3 Å². The molecule has 9 heteroatoms. The first-order valence-electron chi connectivity index (χ1n) is 7.22. The van der Waals surface area contributed by atoms with Crippen LogP contribution in [0.4, 0.5) is 34.9 Å². The van der Waals surface area contributed by atoms with E-state index in [1.54, 1.807) is 6.07 Å². The Labute approximate surface area is 135 Å². The Balaban J connectivity index is 1.81. The Morgan fingerprint density at radius 2 is 1.83 bits per heavy atom. The number of anilines is 3. The van der Waals surface area contributed by atoms with E-state index >= 15 is 0 Å². The summed E-state index contributed by atoms with van der Waals surface area (Å²) in [5, 5.41) is 2.75. The number of hydrogen-bond donors (Lipinski definition) is 1. The molecule has 0 unspecified atom stereocenters. The minimum atomic E-state index is -4.76. The molecule has 1 aromatic heterocycles. The molecule has 1 fully saturated rings. The molecule has 1 saturated heterocycles. The van der Waals surface area contributed by atoms with E-state index in [2.05, 4.69) is 15.3 Å². The van der Waals surface area contributed by atoms with Crippen molar-refractivity contribution >= 4 is 17.3 Å². The molecule has 0 atom stereocenters. The summed E-state index contributed by atoms with van der Waals surface area (Å²) in [6.07, 6.45) is -3.44. The molecule has 24 heavy (non-hydrogen) atoms. The van der Waals surface area contributed by atoms with Crippen LogP contribution in [-0.4, -0.2) is 36.3 Å². The lowest BCUT2D eigenvalue weighted by molar-refractivity contribution is -0.139. The number of alkyl halides is 3. The molecule has 128 valence electrons. The molecule has 1 N–H and O–H groups in total. The van der Waals surface area contributed by atoms with Crippen LogP contribution in [0.3, 0.4) is 0 Å². The Hall–Kier alpha value is -2.42. The van der Waals surface area contributed by atoms with Gasteiger partial charge in [-0.1, -0.05) is 0 Å². The zero-order chi connectivity index (χ0) is 17.2. The maximum atomic E-state index is 13.3. The quantitative estimate of drug-likeness (QED) is 0.868. The van der Waals surface area contributed by atoms with Crippen LogP contribution < -0.4 is 10.2 Å². The Morgan fingerprint density at radius 1 is 1.08 bits per heavy atom. The summed E-state index contributed by atoms with van der Waals surface area (Å²) in [6.45, 7) is 2.51. The first kappa shape index (κ1) is 16.4. The summed E-state index contributed by atoms with van der Waals surface area (Å²) in [7, 11) is 0. The molecule has 1 aliphatic heterocycles. The van der Waals surface area contributed by atoms with E-state index in [1.807, 2.05) is 4.90 Å². The molecule has 0 radical (unpaired) electrons. The number of aromatic nitrogens is 2. The van der Waals surface area contributed by atoms with Crippen molar-refractivity contribution in [3.63, 3.8) is 0 Å². The van der Waals surface area contributed by atoms with Gasteiger partial charge in [-0.3, -0.25) is 0 Å². The van der Waals surface area contributed by atoms with E-state index in [-0.39, 0.29) is 5.69 Å². The van der Waals surface area contributed by atoms with Gasteiger partial charge in [0.15, 0.2) is 0 Å². The molecule has 1 aliphatic rings. The number of halogens is 4. The molecule has 3 rings (SSSR count). The van der Waals surface area contributed by atoms with Crippen LogP contribution >= 0.6 is 0 Å². The van der Waals surface area contributed by atoms with Gasteiger partial charge in [-0.2, -0.15) is 13.2 Å². The minimum Gasteiger partial charge on any atom is -0.378 e. The molecule has 0 spiro atoms. The van der Waals surface area contributed by atoms with Crippen LogP contribution in [-0.2, 0) is 10.9 Å². The molecule has 1 aromatic carbocycles. The molecule has 2 aromatic rings. The van der Waals surface area contributed by atoms with Gasteiger partial charge in [0.05, 0.1) is 18.8 Å². The number of nitrogens with zero attached hydrogens (tertiary/aromatic N) is 3. The molecule has 0 bridgehead atoms. The highest BCUT2D eigenvalue weighted by atomic mass is 19.4. The zero-order valence-electron chi connectivity index (χ0n) is 12.5. The summed E-state index contributed by atoms with van der Waals surface area (Å²) in [5.41, 5.74) is -1.23. The van der Waals surface area contributed by atoms with Gasteiger partial charge in [-0.25, -0.2) is 14.4 Å². The predicted molar refractivity (Wildman–Crippen MR) is 79.7 cm³/mol. The molecule has 2 heterocycles. The SMILES string of the molecule is Fc1ccc(Nc2cc(N3CCOCC3)ncn2)cc1C(F)(F)F. The highest BCUT2D eigenvalue weighted by Gasteiger charge is 2.34. The van der Waals surface area contributed by atoms with Crippen molar-refractivity contribution in [1.29, 1.82) is 0 Å². The fourth-order valence-electron chi connectivity index (χ4n) is 2.35. The highest BCUT2D eigenvalue weighted by Crippen LogP contribution is 2.33. The fourth-order valence-corrected chi connectivity index (χ4v) is 2.35. The maximum Gasteiger partial charge on any atom is 0.419 e. The lowest BCUT2D eigenvalue weighted by Crippen LogP contribution is -2.36. The number of ether oxygens (including phenoxy) is 1. The normalized spacial score (nSPS) is 15.4. The lowest BCUT2D eigenvalue weighted by atomic mass is 10.2. The average molecular weight is 342 g/mol. The largest absolute Gasteiger partial charge is 0.419 e. The Kier molecular flexibility index (Phi) is 4.52. The van der Waals surface area contributed by atoms with Crippen molar-refractivity contribution in [3.05, 3.63) is 42.0 Å². The monoisotopic (exact) mass is 342 g/mol. The standard InChI is InChI=1S/C15H14F4N4O/c16-12-2-1-10(7-11(12)15(17,18)19)22-13-8-14(21-9-20-13)23-3-5-24-6-4-23/h1-2,7-9H,3-6H2,(H,20,21,22). The average Bonchev–Trinajstić information content (AvgIpc) is 2.57. The summed E-state index contributed by atoms with van der Waals surface area (Å²) >= 11 is 0. The van der Waals surface area contributed by atoms with Gasteiger partial charge in [0.25, 0.3) is 0 Å². The number of nitrogens with one attached hydrogen (secondary N) is 1. The van der Waals surface area contributed by atoms with Gasteiger partial charge in [0, 0.05) is 24.8 Å². The van der Waals surface area contributed by atoms with Crippen LogP contribution in [0, 0.1) is 5.82 Å². The van der Waals surface area contributed by atoms with Crippen LogP contribution in [0.25, 0.3) is 0 Å². The third-order valence-corrected chi connectivity index (χ3v) is 3.53. The fraction of sp³-hybridized carbons (Fsp3) is 0.333. The third kappa shape index (κ3) is 3.73. The molecule has 0 aliphatic carbocycles. The van der Waals surface area contributed by atoms with Gasteiger partial charge < -0.3 is 15.0 Å². The summed E-state index contributed by atoms with van der Waals surface area (Å²) < 4.78 is 56.9. The first-order chi connectivity index (χ1) is 11.4. The van der Waals surface area contributed by atoms with Crippen LogP contribution in [0.2, 0.25) is 0 Å². The van der Waals surface area contributed by atoms with Crippen molar-refractivity contribution in [2.24, 2.45) is 0 Å². The van der Waals surface area contributed by atoms with Crippen molar-refractivity contribution in [2.75, 3.05) is 36.5 Å². The molecule has 5 nitrogen and oxygen atoms in total. The van der Waals surface area contributed by atoms with Gasteiger partial charge in [-0.05, 0) is 18.2 Å². The topological polar surface area (TPSA) is 50.3 Å². The van der Waals surface area contributed by atoms with E-state index in [9.17, 15) is 17.6 Å². The van der Waals surface area contributed by atoms with Crippen molar-refractivity contribution in [2.45, 2.75) is 6.18 Å². The van der Waals surface area contributed by atoms with E-state index in [0.29, 0.717) is 44.0 Å². The van der Waals surface area contributed by atoms with E-state index in [1.165, 1.54) is 12.4 Å². The van der Waals surface area contributed by atoms with Gasteiger partial charge in [0.1, 0.15) is 23.8 Å². The molecular formula is C15H14F4N4O. The Morgan fingerprint density at radius 3 is 2.54 bits per heavy atom. The Bertz CT molecular complexity index is 717. The van der Waals surface area contributed by atoms with Crippen LogP contribution in [0.15, 0.2) is 30.6 Å². The molecule has 0 amide bonds. The van der Waals surface area contributed by atoms with E-state index in [0.717, 1.165) is 6.07 Å². The lowest BCUT2D eigenvalue weighted by Gasteiger charge is -2.27. The molecular weight excluding hydrogens is 328 g/mol. The van der Waals surface area contributed by atoms with E-state index < -0.39 is 17.6 Å². The van der Waals surface area contributed by atoms with Crippen LogP contribution in [0.5, 0.6) is 0 Å². The van der Waals surface area contributed by atoms with Crippen molar-refractivity contribution in [1.82, 2.24) is 9.97 Å². The number of rotatable bonds is 3. The highest BCUT2D eigenvalue weighted by molar-refractivity contribution is 5.60. The number of morpholine rings is 1. The van der Waals surface area contributed by atoms with Gasteiger partial charge in [-0.15, -0.1) is 0 Å². The van der Waals surface area contributed by atoms with Crippen molar-refractivity contribution in [3.8, 4) is 0 Å². The number of hydrogen-bond acceptors (Lipinski definition) is 5. The third-order valence-electron chi connectivity index (χ3n) is 3.53. The second-order valence-corrected chi connectivity index (χ2v) is 5.18. The smallest absolute Gasteiger partial charge is 0.378 e. The number of benzene rings is 1. The van der Waals surface area contributed by atoms with Gasteiger partial charge >= 0.3 is 6.18 Å². The summed E-state index contributed by atoms with van der Waals surface area (Å²) in [5.74, 6) is -0.343. The zero-order valence-corrected chi connectivity index (χ0v) is 12.5. The van der Waals surface area contributed by atoms with Crippen LogP contribution in [0.1, 0.15) is 5.56 Å². The van der Waals surface area contributed by atoms with Gasteiger partial charge in [0.2, 0.25) is 0 Å². The summed E-state index contributed by atoms with van der Waals surface area (Å²) in [6, 6.07) is 4.34. The second kappa shape index (κ2) is 6.60. The molecule has 0 saturated carbocycles. The minimum absolute atomic E-state index is 0.0929. The summed E-state index contributed by atoms with van der Waals surface area (Å²) in [4.78, 5) is 10.1. The maximum absolute atomic E-state index is 13.3. The second-order valence-electron chi connectivity index (χ2n) is 5.18. The van der Waals surface area contributed by atoms with E-state index in [4.69, 9.17) is 4.74 Å². The first-order valence-corrected chi connectivity index (χ1v) is 7.22.